The summed E-state index contributed by atoms with van der Waals surface area (Å²) in [6.45, 7) is 4.39. The number of nitrogens with zero attached hydrogens (tertiary/aromatic N) is 2. The minimum atomic E-state index is -0.226. The highest BCUT2D eigenvalue weighted by molar-refractivity contribution is 5.11. The van der Waals surface area contributed by atoms with Crippen LogP contribution in [0.4, 0.5) is 0 Å². The summed E-state index contributed by atoms with van der Waals surface area (Å²) in [5.41, 5.74) is 6.09. The van der Waals surface area contributed by atoms with E-state index in [1.54, 1.807) is 12.3 Å². The second-order valence-electron chi connectivity index (χ2n) is 5.56. The van der Waals surface area contributed by atoms with Crippen molar-refractivity contribution in [1.82, 2.24) is 9.97 Å². The first-order valence-corrected chi connectivity index (χ1v) is 6.99. The molecular weight excluding hydrogens is 242 g/mol. The molecule has 1 aromatic heterocycles. The zero-order valence-electron chi connectivity index (χ0n) is 11.8. The second kappa shape index (κ2) is 6.19. The maximum atomic E-state index is 6.31. The van der Waals surface area contributed by atoms with Crippen molar-refractivity contribution < 1.29 is 9.47 Å². The van der Waals surface area contributed by atoms with Crippen LogP contribution in [0.3, 0.4) is 0 Å². The normalized spacial score (nSPS) is 18.3. The fraction of sp³-hybridized carbons (Fsp3) is 0.714. The van der Waals surface area contributed by atoms with E-state index in [1.165, 1.54) is 19.3 Å². The van der Waals surface area contributed by atoms with Crippen molar-refractivity contribution in [3.63, 3.8) is 0 Å². The Bertz CT molecular complexity index is 403. The fourth-order valence-corrected chi connectivity index (χ4v) is 2.31. The van der Waals surface area contributed by atoms with E-state index in [-0.39, 0.29) is 11.6 Å². The van der Waals surface area contributed by atoms with Gasteiger partial charge in [0.25, 0.3) is 0 Å². The van der Waals surface area contributed by atoms with Crippen LogP contribution < -0.4 is 15.2 Å². The summed E-state index contributed by atoms with van der Waals surface area (Å²) in [7, 11) is 0. The number of rotatable bonds is 5. The number of ether oxygens (including phenoxy) is 2. The SMILES string of the molecule is CC(C)Oc1ccnc(OCC2(N)CCCCC2)n1. The van der Waals surface area contributed by atoms with Gasteiger partial charge in [-0.2, -0.15) is 4.98 Å². The molecule has 1 aliphatic carbocycles. The molecule has 0 bridgehead atoms. The number of hydrogen-bond acceptors (Lipinski definition) is 5. The Morgan fingerprint density at radius 1 is 1.32 bits per heavy atom. The van der Waals surface area contributed by atoms with Gasteiger partial charge < -0.3 is 15.2 Å². The van der Waals surface area contributed by atoms with E-state index in [4.69, 9.17) is 15.2 Å². The summed E-state index contributed by atoms with van der Waals surface area (Å²) in [5, 5.41) is 0. The Hall–Kier alpha value is -1.36. The molecule has 0 saturated heterocycles. The maximum Gasteiger partial charge on any atom is 0.319 e. The van der Waals surface area contributed by atoms with Crippen molar-refractivity contribution in [2.45, 2.75) is 57.6 Å². The molecule has 5 nitrogen and oxygen atoms in total. The third-order valence-corrected chi connectivity index (χ3v) is 3.30. The molecule has 1 aromatic rings. The predicted octanol–water partition coefficient (Wildman–Crippen LogP) is 2.30. The minimum absolute atomic E-state index is 0.0851. The third kappa shape index (κ3) is 4.35. The largest absolute Gasteiger partial charge is 0.475 e. The van der Waals surface area contributed by atoms with Gasteiger partial charge in [0.2, 0.25) is 5.88 Å². The van der Waals surface area contributed by atoms with Crippen LogP contribution in [0.2, 0.25) is 0 Å². The van der Waals surface area contributed by atoms with Crippen LogP contribution in [0.5, 0.6) is 11.9 Å². The topological polar surface area (TPSA) is 70.3 Å². The van der Waals surface area contributed by atoms with Crippen LogP contribution in [0.1, 0.15) is 46.0 Å². The zero-order chi connectivity index (χ0) is 13.7. The van der Waals surface area contributed by atoms with Gasteiger partial charge in [0.1, 0.15) is 6.61 Å². The molecule has 0 aromatic carbocycles. The van der Waals surface area contributed by atoms with Crippen LogP contribution in [0.25, 0.3) is 0 Å². The first-order chi connectivity index (χ1) is 9.07. The van der Waals surface area contributed by atoms with E-state index in [1.807, 2.05) is 13.8 Å². The highest BCUT2D eigenvalue weighted by Gasteiger charge is 2.28. The number of hydrogen-bond donors (Lipinski definition) is 1. The summed E-state index contributed by atoms with van der Waals surface area (Å²) in [6.07, 6.45) is 7.37. The second-order valence-corrected chi connectivity index (χ2v) is 5.56. The Kier molecular flexibility index (Phi) is 4.58. The molecule has 1 aliphatic rings. The highest BCUT2D eigenvalue weighted by atomic mass is 16.5. The van der Waals surface area contributed by atoms with E-state index in [0.29, 0.717) is 18.5 Å². The van der Waals surface area contributed by atoms with Gasteiger partial charge in [-0.3, -0.25) is 0 Å². The van der Waals surface area contributed by atoms with Gasteiger partial charge in [-0.05, 0) is 26.7 Å². The van der Waals surface area contributed by atoms with Crippen molar-refractivity contribution in [3.05, 3.63) is 12.3 Å². The molecule has 1 saturated carbocycles. The average Bonchev–Trinajstić information content (AvgIpc) is 2.37. The van der Waals surface area contributed by atoms with Gasteiger partial charge in [-0.1, -0.05) is 19.3 Å². The van der Waals surface area contributed by atoms with Crippen LogP contribution in [0, 0.1) is 0 Å². The fourth-order valence-electron chi connectivity index (χ4n) is 2.31. The van der Waals surface area contributed by atoms with E-state index in [9.17, 15) is 0 Å². The molecule has 0 atom stereocenters. The van der Waals surface area contributed by atoms with Gasteiger partial charge in [-0.15, -0.1) is 0 Å². The van der Waals surface area contributed by atoms with Gasteiger partial charge in [-0.25, -0.2) is 4.98 Å². The Morgan fingerprint density at radius 2 is 2.05 bits per heavy atom. The molecular formula is C14H23N3O2. The molecule has 0 radical (unpaired) electrons. The molecule has 1 heterocycles. The smallest absolute Gasteiger partial charge is 0.319 e. The molecule has 19 heavy (non-hydrogen) atoms. The molecule has 0 aliphatic heterocycles. The van der Waals surface area contributed by atoms with Gasteiger partial charge in [0.15, 0.2) is 0 Å². The Labute approximate surface area is 114 Å². The lowest BCUT2D eigenvalue weighted by molar-refractivity contribution is 0.160. The molecule has 0 unspecified atom stereocenters. The van der Waals surface area contributed by atoms with E-state index >= 15 is 0 Å². The minimum Gasteiger partial charge on any atom is -0.475 e. The maximum absolute atomic E-state index is 6.31. The van der Waals surface area contributed by atoms with Crippen molar-refractivity contribution in [1.29, 1.82) is 0 Å². The van der Waals surface area contributed by atoms with Gasteiger partial charge >= 0.3 is 6.01 Å². The lowest BCUT2D eigenvalue weighted by atomic mass is 9.83. The average molecular weight is 265 g/mol. The lowest BCUT2D eigenvalue weighted by Gasteiger charge is -2.32. The zero-order valence-corrected chi connectivity index (χ0v) is 11.8. The lowest BCUT2D eigenvalue weighted by Crippen LogP contribution is -2.47. The Balaban J connectivity index is 1.91. The van der Waals surface area contributed by atoms with Crippen LogP contribution >= 0.6 is 0 Å². The standard InChI is InChI=1S/C14H23N3O2/c1-11(2)19-12-6-9-16-13(17-12)18-10-14(15)7-4-3-5-8-14/h6,9,11H,3-5,7-8,10,15H2,1-2H3. The number of aromatic nitrogens is 2. The Morgan fingerprint density at radius 3 is 2.74 bits per heavy atom. The highest BCUT2D eigenvalue weighted by Crippen LogP contribution is 2.26. The molecule has 2 N–H and O–H groups in total. The molecule has 1 fully saturated rings. The third-order valence-electron chi connectivity index (χ3n) is 3.30. The van der Waals surface area contributed by atoms with Crippen LogP contribution in [-0.2, 0) is 0 Å². The summed E-state index contributed by atoms with van der Waals surface area (Å²) in [4.78, 5) is 8.31. The monoisotopic (exact) mass is 265 g/mol. The van der Waals surface area contributed by atoms with Crippen molar-refractivity contribution >= 4 is 0 Å². The molecule has 0 spiro atoms. The summed E-state index contributed by atoms with van der Waals surface area (Å²) in [5.74, 6) is 0.537. The quantitative estimate of drug-likeness (QED) is 0.884. The van der Waals surface area contributed by atoms with Crippen LogP contribution in [0.15, 0.2) is 12.3 Å². The number of nitrogens with two attached hydrogens (primary N) is 1. The van der Waals surface area contributed by atoms with Gasteiger partial charge in [0.05, 0.1) is 11.6 Å². The molecule has 2 rings (SSSR count). The van der Waals surface area contributed by atoms with Crippen molar-refractivity contribution in [2.24, 2.45) is 5.73 Å². The summed E-state index contributed by atoms with van der Waals surface area (Å²) in [6, 6.07) is 2.07. The van der Waals surface area contributed by atoms with Crippen LogP contribution in [-0.4, -0.2) is 28.2 Å². The van der Waals surface area contributed by atoms with Gasteiger partial charge in [0, 0.05) is 12.3 Å². The van der Waals surface area contributed by atoms with E-state index in [0.717, 1.165) is 12.8 Å². The van der Waals surface area contributed by atoms with Crippen molar-refractivity contribution in [2.75, 3.05) is 6.61 Å². The van der Waals surface area contributed by atoms with E-state index in [2.05, 4.69) is 9.97 Å². The predicted molar refractivity (Wildman–Crippen MR) is 73.3 cm³/mol. The van der Waals surface area contributed by atoms with Crippen molar-refractivity contribution in [3.8, 4) is 11.9 Å². The molecule has 106 valence electrons. The first-order valence-electron chi connectivity index (χ1n) is 6.99. The summed E-state index contributed by atoms with van der Waals surface area (Å²) >= 11 is 0. The van der Waals surface area contributed by atoms with E-state index < -0.39 is 0 Å². The molecule has 0 amide bonds. The molecule has 5 heteroatoms. The summed E-state index contributed by atoms with van der Waals surface area (Å²) < 4.78 is 11.2. The first kappa shape index (κ1) is 14.1.